The summed E-state index contributed by atoms with van der Waals surface area (Å²) < 4.78 is 14.7. The molecule has 1 amide bonds. The fourth-order valence-electron chi connectivity index (χ4n) is 3.09. The molecule has 0 bridgehead atoms. The van der Waals surface area contributed by atoms with E-state index >= 15 is 0 Å². The number of hydrogen-bond donors (Lipinski definition) is 1. The minimum atomic E-state index is -0.311. The van der Waals surface area contributed by atoms with E-state index in [2.05, 4.69) is 20.4 Å². The van der Waals surface area contributed by atoms with Gasteiger partial charge < -0.3 is 5.32 Å². The van der Waals surface area contributed by atoms with Crippen molar-refractivity contribution in [1.82, 2.24) is 25.1 Å². The van der Waals surface area contributed by atoms with Gasteiger partial charge in [-0.25, -0.2) is 14.1 Å². The Balaban J connectivity index is 1.30. The number of aromatic nitrogens is 4. The minimum absolute atomic E-state index is 0.169. The fourth-order valence-corrected chi connectivity index (χ4v) is 3.94. The van der Waals surface area contributed by atoms with E-state index in [1.165, 1.54) is 18.3 Å². The number of rotatable bonds is 7. The van der Waals surface area contributed by atoms with E-state index in [4.69, 9.17) is 0 Å². The van der Waals surface area contributed by atoms with Crippen LogP contribution in [0.4, 0.5) is 4.39 Å². The van der Waals surface area contributed by atoms with Gasteiger partial charge in [0.2, 0.25) is 0 Å². The first-order chi connectivity index (χ1) is 14.6. The lowest BCUT2D eigenvalue weighted by atomic mass is 10.2. The summed E-state index contributed by atoms with van der Waals surface area (Å²) in [7, 11) is 0. The van der Waals surface area contributed by atoms with Crippen LogP contribution in [0.3, 0.4) is 0 Å². The second kappa shape index (κ2) is 8.96. The number of halogens is 1. The van der Waals surface area contributed by atoms with Crippen molar-refractivity contribution in [2.75, 3.05) is 6.54 Å². The maximum atomic E-state index is 13.1. The summed E-state index contributed by atoms with van der Waals surface area (Å²) >= 11 is 1.62. The molecule has 0 aliphatic rings. The number of carbonyl (C=O) groups is 1. The average molecular weight is 422 g/mol. The minimum Gasteiger partial charge on any atom is -0.352 e. The second-order valence-corrected chi connectivity index (χ2v) is 7.70. The molecule has 0 aliphatic carbocycles. The maximum absolute atomic E-state index is 13.1. The van der Waals surface area contributed by atoms with E-state index in [1.54, 1.807) is 40.5 Å². The van der Waals surface area contributed by atoms with Crippen LogP contribution in [0.1, 0.15) is 27.5 Å². The third kappa shape index (κ3) is 4.44. The maximum Gasteiger partial charge on any atom is 0.254 e. The highest BCUT2D eigenvalue weighted by molar-refractivity contribution is 7.09. The monoisotopic (exact) mass is 421 g/mol. The Morgan fingerprint density at radius 1 is 1.17 bits per heavy atom. The van der Waals surface area contributed by atoms with E-state index in [9.17, 15) is 9.18 Å². The van der Waals surface area contributed by atoms with Crippen molar-refractivity contribution in [2.24, 2.45) is 0 Å². The highest BCUT2D eigenvalue weighted by atomic mass is 32.1. The fraction of sp³-hybridized carbons (Fsp3) is 0.182. The van der Waals surface area contributed by atoms with E-state index in [1.807, 2.05) is 24.4 Å². The molecule has 4 rings (SSSR count). The van der Waals surface area contributed by atoms with Gasteiger partial charge in [0.05, 0.1) is 33.8 Å². The van der Waals surface area contributed by atoms with Crippen molar-refractivity contribution in [3.8, 4) is 16.9 Å². The topological polar surface area (TPSA) is 72.7 Å². The molecule has 30 heavy (non-hydrogen) atoms. The van der Waals surface area contributed by atoms with Gasteiger partial charge in [-0.05, 0) is 49.7 Å². The lowest BCUT2D eigenvalue weighted by Gasteiger charge is -2.06. The quantitative estimate of drug-likeness (QED) is 0.454. The molecule has 3 heterocycles. The number of nitrogens with one attached hydrogen (secondary N) is 1. The number of benzene rings is 1. The summed E-state index contributed by atoms with van der Waals surface area (Å²) in [6.07, 6.45) is 6.63. The van der Waals surface area contributed by atoms with E-state index < -0.39 is 0 Å². The Hall–Kier alpha value is -3.39. The summed E-state index contributed by atoms with van der Waals surface area (Å²) in [5.41, 5.74) is 3.93. The van der Waals surface area contributed by atoms with E-state index in [0.717, 1.165) is 29.1 Å². The molecule has 0 atom stereocenters. The first-order valence-corrected chi connectivity index (χ1v) is 10.4. The molecule has 0 radical (unpaired) electrons. The predicted molar refractivity (Wildman–Crippen MR) is 114 cm³/mol. The highest BCUT2D eigenvalue weighted by Crippen LogP contribution is 2.21. The zero-order valence-electron chi connectivity index (χ0n) is 16.4. The smallest absolute Gasteiger partial charge is 0.254 e. The molecule has 0 saturated carbocycles. The SMILES string of the molecule is Cc1c(C(=O)NCCCc2nc(-c3ccncc3)cs2)cnn1-c1ccc(F)cc1. The van der Waals surface area contributed by atoms with Gasteiger partial charge in [-0.2, -0.15) is 5.10 Å². The molecule has 152 valence electrons. The number of pyridine rings is 1. The molecule has 6 nitrogen and oxygen atoms in total. The standard InChI is InChI=1S/C22H20FN5OS/c1-15-19(13-26-28(15)18-6-4-17(23)5-7-18)22(29)25-10-2-3-21-27-20(14-30-21)16-8-11-24-12-9-16/h4-9,11-14H,2-3,10H2,1H3,(H,25,29). The Bertz CT molecular complexity index is 1140. The van der Waals surface area contributed by atoms with Crippen molar-refractivity contribution in [1.29, 1.82) is 0 Å². The number of carbonyl (C=O) groups excluding carboxylic acids is 1. The molecule has 4 aromatic rings. The van der Waals surface area contributed by atoms with Gasteiger partial charge in [-0.3, -0.25) is 9.78 Å². The number of amides is 1. The first-order valence-electron chi connectivity index (χ1n) is 9.55. The number of aryl methyl sites for hydroxylation is 1. The van der Waals surface area contributed by atoms with Crippen LogP contribution in [0.2, 0.25) is 0 Å². The van der Waals surface area contributed by atoms with Crippen molar-refractivity contribution in [3.63, 3.8) is 0 Å². The summed E-state index contributed by atoms with van der Waals surface area (Å²) in [4.78, 5) is 21.2. The molecule has 0 spiro atoms. The normalized spacial score (nSPS) is 10.9. The van der Waals surface area contributed by atoms with Gasteiger partial charge in [0, 0.05) is 36.3 Å². The number of thiazole rings is 1. The molecule has 1 N–H and O–H groups in total. The van der Waals surface area contributed by atoms with Crippen LogP contribution in [0, 0.1) is 12.7 Å². The van der Waals surface area contributed by atoms with Crippen LogP contribution in [0.25, 0.3) is 16.9 Å². The summed E-state index contributed by atoms with van der Waals surface area (Å²) in [5, 5.41) is 10.3. The van der Waals surface area contributed by atoms with Crippen molar-refractivity contribution in [3.05, 3.63) is 82.5 Å². The Kier molecular flexibility index (Phi) is 5.94. The van der Waals surface area contributed by atoms with Crippen LogP contribution in [0.5, 0.6) is 0 Å². The van der Waals surface area contributed by atoms with Crippen molar-refractivity contribution >= 4 is 17.2 Å². The molecular weight excluding hydrogens is 401 g/mol. The van der Waals surface area contributed by atoms with Crippen molar-refractivity contribution in [2.45, 2.75) is 19.8 Å². The Morgan fingerprint density at radius 2 is 1.93 bits per heavy atom. The number of hydrogen-bond acceptors (Lipinski definition) is 5. The van der Waals surface area contributed by atoms with Crippen LogP contribution in [0.15, 0.2) is 60.4 Å². The molecule has 0 unspecified atom stereocenters. The van der Waals surface area contributed by atoms with Gasteiger partial charge >= 0.3 is 0 Å². The predicted octanol–water partition coefficient (Wildman–Crippen LogP) is 4.20. The third-order valence-corrected chi connectivity index (χ3v) is 5.62. The number of nitrogens with zero attached hydrogens (tertiary/aromatic N) is 4. The molecule has 0 aliphatic heterocycles. The van der Waals surface area contributed by atoms with E-state index in [-0.39, 0.29) is 11.7 Å². The molecule has 0 fully saturated rings. The van der Waals surface area contributed by atoms with Crippen LogP contribution in [-0.4, -0.2) is 32.2 Å². The molecule has 1 aromatic carbocycles. The second-order valence-electron chi connectivity index (χ2n) is 6.75. The molecular formula is C22H20FN5OS. The summed E-state index contributed by atoms with van der Waals surface area (Å²) in [6.45, 7) is 2.37. The largest absolute Gasteiger partial charge is 0.352 e. The lowest BCUT2D eigenvalue weighted by Crippen LogP contribution is -2.25. The van der Waals surface area contributed by atoms with Gasteiger partial charge in [-0.1, -0.05) is 0 Å². The third-order valence-electron chi connectivity index (χ3n) is 4.71. The molecule has 8 heteroatoms. The van der Waals surface area contributed by atoms with E-state index in [0.29, 0.717) is 23.5 Å². The van der Waals surface area contributed by atoms with Gasteiger partial charge in [0.25, 0.3) is 5.91 Å². The van der Waals surface area contributed by atoms with Crippen molar-refractivity contribution < 1.29 is 9.18 Å². The molecule has 3 aromatic heterocycles. The van der Waals surface area contributed by atoms with Gasteiger partial charge in [-0.15, -0.1) is 11.3 Å². The zero-order chi connectivity index (χ0) is 20.9. The van der Waals surface area contributed by atoms with Crippen LogP contribution < -0.4 is 5.32 Å². The summed E-state index contributed by atoms with van der Waals surface area (Å²) in [6, 6.07) is 9.88. The summed E-state index contributed by atoms with van der Waals surface area (Å²) in [5.74, 6) is -0.480. The van der Waals surface area contributed by atoms with Crippen LogP contribution in [-0.2, 0) is 6.42 Å². The molecule has 0 saturated heterocycles. The Morgan fingerprint density at radius 3 is 2.70 bits per heavy atom. The van der Waals surface area contributed by atoms with Gasteiger partial charge in [0.15, 0.2) is 0 Å². The first kappa shape index (κ1) is 19.9. The zero-order valence-corrected chi connectivity index (χ0v) is 17.2. The average Bonchev–Trinajstić information content (AvgIpc) is 3.39. The van der Waals surface area contributed by atoms with Gasteiger partial charge in [0.1, 0.15) is 5.82 Å². The highest BCUT2D eigenvalue weighted by Gasteiger charge is 2.15. The lowest BCUT2D eigenvalue weighted by molar-refractivity contribution is 0.0952. The van der Waals surface area contributed by atoms with Crippen LogP contribution >= 0.6 is 11.3 Å². The Labute approximate surface area is 177 Å².